The van der Waals surface area contributed by atoms with Crippen LogP contribution in [0.2, 0.25) is 0 Å². The number of para-hydroxylation sites is 1. The molecule has 0 saturated carbocycles. The van der Waals surface area contributed by atoms with E-state index in [1.807, 2.05) is 24.3 Å². The first kappa shape index (κ1) is 22.6. The first-order valence-corrected chi connectivity index (χ1v) is 11.6. The molecule has 0 radical (unpaired) electrons. The number of benzene rings is 3. The van der Waals surface area contributed by atoms with Gasteiger partial charge in [-0.25, -0.2) is 0 Å². The molecule has 2 aliphatic heterocycles. The lowest BCUT2D eigenvalue weighted by Gasteiger charge is -2.26. The number of pyridine rings is 1. The Morgan fingerprint density at radius 3 is 2.59 bits per heavy atom. The molecule has 3 aromatic carbocycles. The zero-order chi connectivity index (χ0) is 25.7. The summed E-state index contributed by atoms with van der Waals surface area (Å²) in [6.07, 6.45) is 1.55. The normalized spacial score (nSPS) is 17.2. The van der Waals surface area contributed by atoms with E-state index < -0.39 is 11.9 Å². The number of rotatable bonds is 4. The van der Waals surface area contributed by atoms with Gasteiger partial charge in [-0.15, -0.1) is 0 Å². The highest BCUT2D eigenvalue weighted by Crippen LogP contribution is 2.48. The number of Topliss-reactive ketones (excluding diaryl/α,β-unsaturated/α-hetero) is 1. The van der Waals surface area contributed by atoms with Gasteiger partial charge in [-0.2, -0.15) is 0 Å². The van der Waals surface area contributed by atoms with Gasteiger partial charge in [0.1, 0.15) is 23.0 Å². The van der Waals surface area contributed by atoms with Gasteiger partial charge in [-0.05, 0) is 47.9 Å². The number of ether oxygens (including phenoxy) is 4. The third kappa shape index (κ3) is 3.74. The fourth-order valence-electron chi connectivity index (χ4n) is 4.88. The molecule has 8 nitrogen and oxygen atoms in total. The zero-order valence-electron chi connectivity index (χ0n) is 20.0. The molecule has 6 rings (SSSR count). The number of hydrogen-bond donors (Lipinski definition) is 1. The molecule has 1 atom stereocenters. The van der Waals surface area contributed by atoms with E-state index in [1.165, 1.54) is 0 Å². The van der Waals surface area contributed by atoms with Crippen molar-refractivity contribution in [1.82, 2.24) is 4.98 Å². The van der Waals surface area contributed by atoms with Crippen LogP contribution in [0.1, 0.15) is 39.4 Å². The standard InChI is InChI=1S/C29H21NO7/c1-34-17-8-7-15-11-20(29(33)30-21(15)13-17)19-14-25(31)36-23-10-9-18-27(32)24(37-28(18)26(19)23)12-16-5-3-4-6-22(16)35-2/h3-13,19H,14H2,1-2H3,(H,30,33). The van der Waals surface area contributed by atoms with Gasteiger partial charge in [-0.3, -0.25) is 14.4 Å². The monoisotopic (exact) mass is 495 g/mol. The van der Waals surface area contributed by atoms with E-state index in [0.717, 1.165) is 5.39 Å². The van der Waals surface area contributed by atoms with E-state index in [1.54, 1.807) is 56.7 Å². The minimum Gasteiger partial charge on any atom is -0.497 e. The van der Waals surface area contributed by atoms with Crippen LogP contribution in [0.25, 0.3) is 17.0 Å². The van der Waals surface area contributed by atoms with Gasteiger partial charge in [0.05, 0.1) is 31.7 Å². The van der Waals surface area contributed by atoms with Crippen LogP contribution in [-0.4, -0.2) is 31.0 Å². The Morgan fingerprint density at radius 1 is 0.946 bits per heavy atom. The Morgan fingerprint density at radius 2 is 1.78 bits per heavy atom. The van der Waals surface area contributed by atoms with Crippen LogP contribution in [0.5, 0.6) is 23.0 Å². The number of allylic oxidation sites excluding steroid dienone is 1. The number of hydrogen-bond acceptors (Lipinski definition) is 7. The molecule has 0 fully saturated rings. The molecule has 1 N–H and O–H groups in total. The number of aromatic amines is 1. The van der Waals surface area contributed by atoms with E-state index in [-0.39, 0.29) is 35.0 Å². The topological polar surface area (TPSA) is 104 Å². The van der Waals surface area contributed by atoms with E-state index in [9.17, 15) is 14.4 Å². The molecule has 184 valence electrons. The Bertz CT molecular complexity index is 1700. The average Bonchev–Trinajstić information content (AvgIpc) is 3.22. The molecule has 0 amide bonds. The van der Waals surface area contributed by atoms with Crippen LogP contribution in [0.15, 0.2) is 71.2 Å². The van der Waals surface area contributed by atoms with Crippen LogP contribution < -0.4 is 24.5 Å². The zero-order valence-corrected chi connectivity index (χ0v) is 20.0. The fraction of sp³-hybridized carbons (Fsp3) is 0.138. The van der Waals surface area contributed by atoms with Crippen molar-refractivity contribution >= 4 is 28.7 Å². The molecule has 3 heterocycles. The Kier molecular flexibility index (Phi) is 5.30. The second kappa shape index (κ2) is 8.67. The molecule has 1 unspecified atom stereocenters. The largest absolute Gasteiger partial charge is 0.497 e. The molecule has 0 bridgehead atoms. The number of nitrogens with one attached hydrogen (secondary N) is 1. The Balaban J connectivity index is 1.49. The van der Waals surface area contributed by atoms with E-state index in [4.69, 9.17) is 18.9 Å². The van der Waals surface area contributed by atoms with Crippen molar-refractivity contribution in [2.75, 3.05) is 14.2 Å². The van der Waals surface area contributed by atoms with Crippen LogP contribution in [0.3, 0.4) is 0 Å². The molecule has 0 saturated heterocycles. The second-order valence-electron chi connectivity index (χ2n) is 8.77. The lowest BCUT2D eigenvalue weighted by Crippen LogP contribution is -2.26. The van der Waals surface area contributed by atoms with Gasteiger partial charge in [0, 0.05) is 28.7 Å². The molecule has 1 aromatic heterocycles. The van der Waals surface area contributed by atoms with E-state index >= 15 is 0 Å². The molecule has 37 heavy (non-hydrogen) atoms. The van der Waals surface area contributed by atoms with Gasteiger partial charge < -0.3 is 23.9 Å². The summed E-state index contributed by atoms with van der Waals surface area (Å²) >= 11 is 0. The number of carbonyl (C=O) groups is 2. The third-order valence-corrected chi connectivity index (χ3v) is 6.66. The van der Waals surface area contributed by atoms with Crippen LogP contribution >= 0.6 is 0 Å². The summed E-state index contributed by atoms with van der Waals surface area (Å²) < 4.78 is 22.2. The first-order valence-electron chi connectivity index (χ1n) is 11.6. The van der Waals surface area contributed by atoms with Crippen LogP contribution in [0, 0.1) is 0 Å². The van der Waals surface area contributed by atoms with Crippen LogP contribution in [-0.2, 0) is 4.79 Å². The summed E-state index contributed by atoms with van der Waals surface area (Å²) in [4.78, 5) is 41.9. The van der Waals surface area contributed by atoms with Crippen molar-refractivity contribution in [1.29, 1.82) is 0 Å². The summed E-state index contributed by atoms with van der Waals surface area (Å²) in [5, 5.41) is 0.775. The maximum Gasteiger partial charge on any atom is 0.312 e. The Hall–Kier alpha value is -4.85. The highest BCUT2D eigenvalue weighted by molar-refractivity contribution is 6.15. The number of fused-ring (bicyclic) bond motifs is 4. The van der Waals surface area contributed by atoms with Gasteiger partial charge in [0.15, 0.2) is 5.76 Å². The third-order valence-electron chi connectivity index (χ3n) is 6.66. The van der Waals surface area contributed by atoms with Gasteiger partial charge in [0.2, 0.25) is 5.78 Å². The predicted molar refractivity (Wildman–Crippen MR) is 136 cm³/mol. The van der Waals surface area contributed by atoms with E-state index in [2.05, 4.69) is 4.98 Å². The second-order valence-corrected chi connectivity index (χ2v) is 8.77. The van der Waals surface area contributed by atoms with Crippen molar-refractivity contribution in [3.05, 3.63) is 99.0 Å². The number of ketones is 1. The van der Waals surface area contributed by atoms with Crippen molar-refractivity contribution in [2.24, 2.45) is 0 Å². The van der Waals surface area contributed by atoms with Crippen molar-refractivity contribution in [2.45, 2.75) is 12.3 Å². The fourth-order valence-corrected chi connectivity index (χ4v) is 4.88. The maximum atomic E-state index is 13.3. The number of esters is 1. The summed E-state index contributed by atoms with van der Waals surface area (Å²) in [5.74, 6) is 0.427. The molecular weight excluding hydrogens is 474 g/mol. The van der Waals surface area contributed by atoms with Crippen molar-refractivity contribution < 1.29 is 28.5 Å². The summed E-state index contributed by atoms with van der Waals surface area (Å²) in [6, 6.07) is 17.5. The molecule has 4 aromatic rings. The van der Waals surface area contributed by atoms with E-state index in [0.29, 0.717) is 39.3 Å². The lowest BCUT2D eigenvalue weighted by atomic mass is 9.85. The quantitative estimate of drug-likeness (QED) is 0.251. The number of H-pyrrole nitrogens is 1. The minimum atomic E-state index is -0.667. The highest BCUT2D eigenvalue weighted by Gasteiger charge is 2.39. The minimum absolute atomic E-state index is 0.0721. The number of aromatic nitrogens is 1. The molecule has 2 aliphatic rings. The summed E-state index contributed by atoms with van der Waals surface area (Å²) in [6.45, 7) is 0. The van der Waals surface area contributed by atoms with Gasteiger partial charge >= 0.3 is 5.97 Å². The summed E-state index contributed by atoms with van der Waals surface area (Å²) in [7, 11) is 3.10. The van der Waals surface area contributed by atoms with Crippen LogP contribution in [0.4, 0.5) is 0 Å². The SMILES string of the molecule is COc1ccc2cc(C3CC(=O)Oc4ccc5c(c43)OC(=Cc3ccccc3OC)C5=O)c(=O)[nH]c2c1. The molecule has 0 spiro atoms. The van der Waals surface area contributed by atoms with Gasteiger partial charge in [-0.1, -0.05) is 18.2 Å². The predicted octanol–water partition coefficient (Wildman–Crippen LogP) is 4.60. The highest BCUT2D eigenvalue weighted by atomic mass is 16.5. The maximum absolute atomic E-state index is 13.3. The van der Waals surface area contributed by atoms with Crippen molar-refractivity contribution in [3.8, 4) is 23.0 Å². The van der Waals surface area contributed by atoms with Gasteiger partial charge in [0.25, 0.3) is 5.56 Å². The molecular formula is C29H21NO7. The first-order chi connectivity index (χ1) is 18.0. The smallest absolute Gasteiger partial charge is 0.312 e. The van der Waals surface area contributed by atoms with Crippen molar-refractivity contribution in [3.63, 3.8) is 0 Å². The Labute approximate surface area is 211 Å². The number of carbonyl (C=O) groups excluding carboxylic acids is 2. The molecule has 8 heteroatoms. The molecule has 0 aliphatic carbocycles. The average molecular weight is 495 g/mol. The summed E-state index contributed by atoms with van der Waals surface area (Å²) in [5.41, 5.74) is 2.15. The number of methoxy groups -OCH3 is 2. The lowest BCUT2D eigenvalue weighted by molar-refractivity contribution is -0.135.